The lowest BCUT2D eigenvalue weighted by atomic mass is 9.76. The molecule has 0 saturated heterocycles. The van der Waals surface area contributed by atoms with Gasteiger partial charge < -0.3 is 15.4 Å². The number of nitrogens with zero attached hydrogens (tertiary/aromatic N) is 1. The molecule has 1 aliphatic rings. The summed E-state index contributed by atoms with van der Waals surface area (Å²) >= 11 is 0. The van der Waals surface area contributed by atoms with Gasteiger partial charge in [-0.1, -0.05) is 24.3 Å². The van der Waals surface area contributed by atoms with E-state index in [1.165, 1.54) is 10.9 Å². The second kappa shape index (κ2) is 7.92. The van der Waals surface area contributed by atoms with Crippen LogP contribution in [0.5, 0.6) is 0 Å². The van der Waals surface area contributed by atoms with Gasteiger partial charge in [0, 0.05) is 29.7 Å². The van der Waals surface area contributed by atoms with Gasteiger partial charge in [-0.05, 0) is 55.4 Å². The molecule has 0 radical (unpaired) electrons. The predicted octanol–water partition coefficient (Wildman–Crippen LogP) is 3.51. The Hall–Kier alpha value is -2.66. The van der Waals surface area contributed by atoms with Crippen molar-refractivity contribution in [3.63, 3.8) is 0 Å². The molecule has 0 unspecified atom stereocenters. The molecule has 4 rings (SSSR count). The summed E-state index contributed by atoms with van der Waals surface area (Å²) in [5, 5.41) is 14.0. The molecule has 0 bridgehead atoms. The van der Waals surface area contributed by atoms with Crippen molar-refractivity contribution < 1.29 is 9.90 Å². The molecule has 5 heteroatoms. The van der Waals surface area contributed by atoms with E-state index in [0.29, 0.717) is 6.42 Å². The van der Waals surface area contributed by atoms with Gasteiger partial charge in [-0.2, -0.15) is 0 Å². The number of carbonyl (C=O) groups is 1. The van der Waals surface area contributed by atoms with Crippen molar-refractivity contribution in [2.45, 2.75) is 44.2 Å². The van der Waals surface area contributed by atoms with Crippen LogP contribution in [0.15, 0.2) is 54.9 Å². The van der Waals surface area contributed by atoms with Gasteiger partial charge in [0.2, 0.25) is 5.91 Å². The molecule has 0 spiro atoms. The molecule has 1 saturated carbocycles. The van der Waals surface area contributed by atoms with Gasteiger partial charge in [0.05, 0.1) is 17.8 Å². The van der Waals surface area contributed by atoms with E-state index in [0.717, 1.165) is 36.9 Å². The number of nitrogens with one attached hydrogen (secondary N) is 2. The van der Waals surface area contributed by atoms with E-state index < -0.39 is 0 Å². The zero-order valence-electron chi connectivity index (χ0n) is 15.3. The molecule has 5 nitrogen and oxygen atoms in total. The number of amides is 1. The summed E-state index contributed by atoms with van der Waals surface area (Å²) < 4.78 is 0. The van der Waals surface area contributed by atoms with Gasteiger partial charge >= 0.3 is 0 Å². The standard InChI is InChI=1S/C22H25N3O2/c26-17-12-16(13-17)22(20-9-3-4-11-23-20)25-21(27)10-5-6-15-14-24-19-8-2-1-7-18(15)19/h1-4,7-9,11,14,16-17,22,24,26H,5-6,10,12-13H2,(H,25,27)/t16?,17?,22-/m1/s1. The number of aliphatic hydroxyl groups is 1. The number of fused-ring (bicyclic) bond motifs is 1. The Kier molecular flexibility index (Phi) is 5.21. The summed E-state index contributed by atoms with van der Waals surface area (Å²) in [5.74, 6) is 0.305. The summed E-state index contributed by atoms with van der Waals surface area (Å²) in [4.78, 5) is 20.2. The van der Waals surface area contributed by atoms with Crippen molar-refractivity contribution in [2.75, 3.05) is 0 Å². The molecule has 3 N–H and O–H groups in total. The fourth-order valence-electron chi connectivity index (χ4n) is 3.92. The lowest BCUT2D eigenvalue weighted by Crippen LogP contribution is -2.41. The molecular formula is C22H25N3O2. The van der Waals surface area contributed by atoms with Crippen molar-refractivity contribution >= 4 is 16.8 Å². The summed E-state index contributed by atoms with van der Waals surface area (Å²) in [6.45, 7) is 0. The number of aryl methyl sites for hydroxylation is 1. The number of benzene rings is 1. The minimum atomic E-state index is -0.250. The molecule has 27 heavy (non-hydrogen) atoms. The minimum Gasteiger partial charge on any atom is -0.393 e. The van der Waals surface area contributed by atoms with Crippen molar-refractivity contribution in [3.8, 4) is 0 Å². The SMILES string of the molecule is O=C(CCCc1c[nH]c2ccccc12)N[C@@H](c1ccccn1)C1CC(O)C1. The predicted molar refractivity (Wildman–Crippen MR) is 105 cm³/mol. The van der Waals surface area contributed by atoms with Crippen molar-refractivity contribution in [1.29, 1.82) is 0 Å². The first-order valence-corrected chi connectivity index (χ1v) is 9.64. The monoisotopic (exact) mass is 363 g/mol. The van der Waals surface area contributed by atoms with E-state index in [9.17, 15) is 9.90 Å². The topological polar surface area (TPSA) is 78.0 Å². The Labute approximate surface area is 158 Å². The van der Waals surface area contributed by atoms with Crippen LogP contribution in [0.2, 0.25) is 0 Å². The third kappa shape index (κ3) is 4.03. The molecule has 2 heterocycles. The summed E-state index contributed by atoms with van der Waals surface area (Å²) in [6, 6.07) is 13.9. The molecule has 1 fully saturated rings. The largest absolute Gasteiger partial charge is 0.393 e. The fourth-order valence-corrected chi connectivity index (χ4v) is 3.92. The minimum absolute atomic E-state index is 0.0480. The van der Waals surface area contributed by atoms with Crippen LogP contribution < -0.4 is 5.32 Å². The fraction of sp³-hybridized carbons (Fsp3) is 0.364. The summed E-state index contributed by atoms with van der Waals surface area (Å²) in [7, 11) is 0. The number of aromatic amines is 1. The molecule has 1 amide bonds. The van der Waals surface area contributed by atoms with E-state index in [2.05, 4.69) is 27.4 Å². The Balaban J connectivity index is 1.34. The lowest BCUT2D eigenvalue weighted by Gasteiger charge is -2.37. The number of aromatic nitrogens is 2. The van der Waals surface area contributed by atoms with Crippen LogP contribution in [0.1, 0.15) is 43.0 Å². The van der Waals surface area contributed by atoms with E-state index in [-0.39, 0.29) is 24.0 Å². The van der Waals surface area contributed by atoms with Crippen molar-refractivity contribution in [1.82, 2.24) is 15.3 Å². The maximum absolute atomic E-state index is 12.5. The second-order valence-electron chi connectivity index (χ2n) is 7.40. The number of pyridine rings is 1. The van der Waals surface area contributed by atoms with Crippen LogP contribution in [-0.4, -0.2) is 27.1 Å². The molecule has 3 aromatic rings. The van der Waals surface area contributed by atoms with Gasteiger partial charge in [0.15, 0.2) is 0 Å². The molecule has 1 atom stereocenters. The Morgan fingerprint density at radius 2 is 2.04 bits per heavy atom. The molecule has 2 aromatic heterocycles. The van der Waals surface area contributed by atoms with Gasteiger partial charge in [-0.3, -0.25) is 9.78 Å². The zero-order chi connectivity index (χ0) is 18.6. The van der Waals surface area contributed by atoms with Crippen molar-refractivity contribution in [3.05, 3.63) is 66.1 Å². The van der Waals surface area contributed by atoms with Crippen LogP contribution in [0.25, 0.3) is 10.9 Å². The highest BCUT2D eigenvalue weighted by molar-refractivity contribution is 5.83. The number of aliphatic hydroxyl groups excluding tert-OH is 1. The van der Waals surface area contributed by atoms with Gasteiger partial charge in [-0.25, -0.2) is 0 Å². The van der Waals surface area contributed by atoms with Crippen LogP contribution in [0.3, 0.4) is 0 Å². The van der Waals surface area contributed by atoms with Crippen LogP contribution in [-0.2, 0) is 11.2 Å². The Morgan fingerprint density at radius 1 is 1.22 bits per heavy atom. The zero-order valence-corrected chi connectivity index (χ0v) is 15.3. The van der Waals surface area contributed by atoms with Crippen LogP contribution in [0, 0.1) is 5.92 Å². The Bertz CT molecular complexity index is 900. The molecule has 140 valence electrons. The number of carbonyl (C=O) groups excluding carboxylic acids is 1. The molecule has 1 aromatic carbocycles. The third-order valence-corrected chi connectivity index (χ3v) is 5.47. The van der Waals surface area contributed by atoms with Gasteiger partial charge in [0.1, 0.15) is 0 Å². The number of H-pyrrole nitrogens is 1. The lowest BCUT2D eigenvalue weighted by molar-refractivity contribution is -0.123. The van der Waals surface area contributed by atoms with E-state index in [4.69, 9.17) is 0 Å². The first-order valence-electron chi connectivity index (χ1n) is 9.64. The highest BCUT2D eigenvalue weighted by atomic mass is 16.3. The summed E-state index contributed by atoms with van der Waals surface area (Å²) in [5.41, 5.74) is 3.26. The van der Waals surface area contributed by atoms with E-state index in [1.54, 1.807) is 6.20 Å². The first-order chi connectivity index (χ1) is 13.2. The quantitative estimate of drug-likeness (QED) is 0.601. The van der Waals surface area contributed by atoms with Gasteiger partial charge in [0.25, 0.3) is 0 Å². The van der Waals surface area contributed by atoms with Crippen molar-refractivity contribution in [2.24, 2.45) is 5.92 Å². The average molecular weight is 363 g/mol. The normalized spacial score (nSPS) is 20.2. The smallest absolute Gasteiger partial charge is 0.220 e. The second-order valence-corrected chi connectivity index (χ2v) is 7.40. The van der Waals surface area contributed by atoms with Crippen LogP contribution in [0.4, 0.5) is 0 Å². The highest BCUT2D eigenvalue weighted by Crippen LogP contribution is 2.37. The third-order valence-electron chi connectivity index (χ3n) is 5.47. The van der Waals surface area contributed by atoms with Gasteiger partial charge in [-0.15, -0.1) is 0 Å². The number of para-hydroxylation sites is 1. The Morgan fingerprint density at radius 3 is 2.81 bits per heavy atom. The maximum Gasteiger partial charge on any atom is 0.220 e. The van der Waals surface area contributed by atoms with E-state index >= 15 is 0 Å². The molecular weight excluding hydrogens is 338 g/mol. The summed E-state index contributed by atoms with van der Waals surface area (Å²) in [6.07, 6.45) is 7.13. The average Bonchev–Trinajstić information content (AvgIpc) is 3.08. The number of hydrogen-bond donors (Lipinski definition) is 3. The number of hydrogen-bond acceptors (Lipinski definition) is 3. The maximum atomic E-state index is 12.5. The highest BCUT2D eigenvalue weighted by Gasteiger charge is 2.36. The van der Waals surface area contributed by atoms with E-state index in [1.807, 2.05) is 36.5 Å². The first kappa shape index (κ1) is 17.7. The van der Waals surface area contributed by atoms with Crippen LogP contribution >= 0.6 is 0 Å². The molecule has 1 aliphatic carbocycles. The molecule has 0 aliphatic heterocycles. The number of rotatable bonds is 7.